The van der Waals surface area contributed by atoms with Gasteiger partial charge in [0.25, 0.3) is 0 Å². The molecule has 4 rings (SSSR count). The van der Waals surface area contributed by atoms with Gasteiger partial charge in [-0.3, -0.25) is 9.59 Å². The smallest absolute Gasteiger partial charge is 0.310 e. The number of benzene rings is 2. The summed E-state index contributed by atoms with van der Waals surface area (Å²) < 4.78 is 12.0. The predicted molar refractivity (Wildman–Crippen MR) is 163 cm³/mol. The fourth-order valence-corrected chi connectivity index (χ4v) is 6.64. The van der Waals surface area contributed by atoms with Gasteiger partial charge in [-0.1, -0.05) is 120 Å². The van der Waals surface area contributed by atoms with Gasteiger partial charge >= 0.3 is 11.9 Å². The van der Waals surface area contributed by atoms with E-state index >= 15 is 0 Å². The molecule has 3 atom stereocenters. The number of rotatable bonds is 16. The summed E-state index contributed by atoms with van der Waals surface area (Å²) in [6, 6.07) is 16.0. The number of carbonyl (C=O) groups is 2. The highest BCUT2D eigenvalue weighted by Crippen LogP contribution is 2.47. The Balaban J connectivity index is 1.31. The summed E-state index contributed by atoms with van der Waals surface area (Å²) >= 11 is 0. The van der Waals surface area contributed by atoms with Crippen LogP contribution in [0.4, 0.5) is 0 Å². The maximum Gasteiger partial charge on any atom is 0.310 e. The number of carbonyl (C=O) groups excluding carboxylic acids is 1. The van der Waals surface area contributed by atoms with Gasteiger partial charge in [0, 0.05) is 5.92 Å². The SMILES string of the molecule is CCCCCCCCCCCCOc1ccc(C2CC(C(=O)O)C(OC(=O)C3CCCCC3)c3ccccc32)cc1. The van der Waals surface area contributed by atoms with Crippen LogP contribution in [-0.4, -0.2) is 23.7 Å². The van der Waals surface area contributed by atoms with Crippen LogP contribution in [0.2, 0.25) is 0 Å². The highest BCUT2D eigenvalue weighted by atomic mass is 16.5. The van der Waals surface area contributed by atoms with Crippen LogP contribution in [0.25, 0.3) is 0 Å². The molecule has 1 saturated carbocycles. The van der Waals surface area contributed by atoms with Gasteiger partial charge < -0.3 is 14.6 Å². The minimum atomic E-state index is -0.914. The number of carboxylic acids is 1. The molecule has 3 unspecified atom stereocenters. The molecule has 2 aliphatic carbocycles. The molecular formula is C36H50O5. The molecule has 0 aliphatic heterocycles. The number of hydrogen-bond acceptors (Lipinski definition) is 4. The van der Waals surface area contributed by atoms with E-state index in [-0.39, 0.29) is 17.8 Å². The molecule has 0 bridgehead atoms. The first-order chi connectivity index (χ1) is 20.1. The molecule has 224 valence electrons. The summed E-state index contributed by atoms with van der Waals surface area (Å²) in [7, 11) is 0. The normalized spacial score (nSPS) is 20.8. The third kappa shape index (κ3) is 9.08. The molecule has 5 nitrogen and oxygen atoms in total. The van der Waals surface area contributed by atoms with E-state index in [9.17, 15) is 14.7 Å². The number of aliphatic carboxylic acids is 1. The Morgan fingerprint density at radius 2 is 1.39 bits per heavy atom. The zero-order chi connectivity index (χ0) is 28.9. The third-order valence-corrected chi connectivity index (χ3v) is 9.08. The average molecular weight is 563 g/mol. The molecule has 0 aromatic heterocycles. The van der Waals surface area contributed by atoms with E-state index in [1.54, 1.807) is 0 Å². The van der Waals surface area contributed by atoms with Crippen LogP contribution >= 0.6 is 0 Å². The largest absolute Gasteiger partial charge is 0.494 e. The van der Waals surface area contributed by atoms with E-state index in [4.69, 9.17) is 9.47 Å². The lowest BCUT2D eigenvalue weighted by molar-refractivity contribution is -0.165. The van der Waals surface area contributed by atoms with Crippen molar-refractivity contribution in [2.24, 2.45) is 11.8 Å². The summed E-state index contributed by atoms with van der Waals surface area (Å²) in [5, 5.41) is 10.2. The van der Waals surface area contributed by atoms with Crippen LogP contribution in [-0.2, 0) is 14.3 Å². The molecule has 41 heavy (non-hydrogen) atoms. The molecule has 1 fully saturated rings. The van der Waals surface area contributed by atoms with Crippen molar-refractivity contribution in [3.8, 4) is 5.75 Å². The van der Waals surface area contributed by atoms with E-state index in [0.717, 1.165) is 67.6 Å². The Morgan fingerprint density at radius 3 is 2.02 bits per heavy atom. The molecule has 0 spiro atoms. The molecule has 2 aromatic rings. The Labute approximate surface area is 247 Å². The first-order valence-corrected chi connectivity index (χ1v) is 16.3. The van der Waals surface area contributed by atoms with E-state index in [2.05, 4.69) is 25.1 Å². The van der Waals surface area contributed by atoms with Crippen LogP contribution in [0.1, 0.15) is 138 Å². The van der Waals surface area contributed by atoms with Gasteiger partial charge in [-0.05, 0) is 54.5 Å². The predicted octanol–water partition coefficient (Wildman–Crippen LogP) is 9.39. The molecule has 0 saturated heterocycles. The van der Waals surface area contributed by atoms with Gasteiger partial charge in [-0.15, -0.1) is 0 Å². The van der Waals surface area contributed by atoms with Crippen LogP contribution in [0.3, 0.4) is 0 Å². The van der Waals surface area contributed by atoms with Gasteiger partial charge in [0.15, 0.2) is 0 Å². The number of esters is 1. The number of unbranched alkanes of at least 4 members (excludes halogenated alkanes) is 9. The number of hydrogen-bond donors (Lipinski definition) is 1. The van der Waals surface area contributed by atoms with Gasteiger partial charge in [0.2, 0.25) is 0 Å². The van der Waals surface area contributed by atoms with E-state index in [0.29, 0.717) is 6.42 Å². The molecule has 5 heteroatoms. The van der Waals surface area contributed by atoms with Crippen molar-refractivity contribution in [1.29, 1.82) is 0 Å². The van der Waals surface area contributed by atoms with E-state index < -0.39 is 18.0 Å². The fraction of sp³-hybridized carbons (Fsp3) is 0.611. The number of fused-ring (bicyclic) bond motifs is 1. The molecule has 0 heterocycles. The second kappa shape index (κ2) is 16.6. The highest BCUT2D eigenvalue weighted by Gasteiger charge is 2.42. The van der Waals surface area contributed by atoms with Gasteiger partial charge in [-0.25, -0.2) is 0 Å². The van der Waals surface area contributed by atoms with Crippen molar-refractivity contribution in [1.82, 2.24) is 0 Å². The van der Waals surface area contributed by atoms with Crippen molar-refractivity contribution in [3.05, 3.63) is 65.2 Å². The Kier molecular flexibility index (Phi) is 12.6. The Hall–Kier alpha value is -2.82. The quantitative estimate of drug-likeness (QED) is 0.163. The lowest BCUT2D eigenvalue weighted by Crippen LogP contribution is -2.34. The van der Waals surface area contributed by atoms with E-state index in [1.165, 1.54) is 57.8 Å². The molecule has 0 amide bonds. The first kappa shape index (κ1) is 31.1. The summed E-state index contributed by atoms with van der Waals surface area (Å²) in [5.74, 6) is -1.28. The topological polar surface area (TPSA) is 72.8 Å². The zero-order valence-corrected chi connectivity index (χ0v) is 25.0. The minimum absolute atomic E-state index is 0.0760. The lowest BCUT2D eigenvalue weighted by atomic mass is 9.72. The van der Waals surface area contributed by atoms with Crippen LogP contribution in [0.15, 0.2) is 48.5 Å². The Morgan fingerprint density at radius 1 is 0.780 bits per heavy atom. The fourth-order valence-electron chi connectivity index (χ4n) is 6.64. The van der Waals surface area contributed by atoms with Gasteiger partial charge in [-0.2, -0.15) is 0 Å². The maximum absolute atomic E-state index is 13.0. The van der Waals surface area contributed by atoms with Crippen molar-refractivity contribution < 1.29 is 24.2 Å². The third-order valence-electron chi connectivity index (χ3n) is 9.08. The maximum atomic E-state index is 13.0. The second-order valence-electron chi connectivity index (χ2n) is 12.2. The minimum Gasteiger partial charge on any atom is -0.494 e. The summed E-state index contributed by atoms with van der Waals surface area (Å²) in [6.45, 7) is 2.98. The van der Waals surface area contributed by atoms with Crippen LogP contribution < -0.4 is 4.74 Å². The molecule has 2 aliphatic rings. The molecule has 2 aromatic carbocycles. The van der Waals surface area contributed by atoms with Crippen molar-refractivity contribution in [2.75, 3.05) is 6.61 Å². The zero-order valence-electron chi connectivity index (χ0n) is 25.0. The van der Waals surface area contributed by atoms with Gasteiger partial charge in [0.05, 0.1) is 18.4 Å². The highest BCUT2D eigenvalue weighted by molar-refractivity contribution is 5.76. The van der Waals surface area contributed by atoms with E-state index in [1.807, 2.05) is 30.3 Å². The Bertz CT molecular complexity index is 1070. The van der Waals surface area contributed by atoms with Crippen LogP contribution in [0.5, 0.6) is 5.75 Å². The average Bonchev–Trinajstić information content (AvgIpc) is 3.00. The van der Waals surface area contributed by atoms with Crippen molar-refractivity contribution in [2.45, 2.75) is 122 Å². The monoisotopic (exact) mass is 562 g/mol. The standard InChI is InChI=1S/C36H50O5/c1-2-3-4-5-6-7-8-9-10-16-25-40-29-23-21-27(22-24-29)32-26-33(35(37)38)34(31-20-15-14-19-30(31)32)41-36(39)28-17-12-11-13-18-28/h14-15,19-24,28,32-34H,2-13,16-18,25-26H2,1H3,(H,37,38). The first-order valence-electron chi connectivity index (χ1n) is 16.3. The summed E-state index contributed by atoms with van der Waals surface area (Å²) in [4.78, 5) is 25.5. The van der Waals surface area contributed by atoms with Crippen molar-refractivity contribution >= 4 is 11.9 Å². The van der Waals surface area contributed by atoms with Crippen molar-refractivity contribution in [3.63, 3.8) is 0 Å². The molecule has 0 radical (unpaired) electrons. The summed E-state index contributed by atoms with van der Waals surface area (Å²) in [5.41, 5.74) is 2.93. The number of ether oxygens (including phenoxy) is 2. The second-order valence-corrected chi connectivity index (χ2v) is 12.2. The molecular weight excluding hydrogens is 512 g/mol. The van der Waals surface area contributed by atoms with Crippen LogP contribution in [0, 0.1) is 11.8 Å². The number of carboxylic acid groups (broad SMARTS) is 1. The van der Waals surface area contributed by atoms with Gasteiger partial charge in [0.1, 0.15) is 11.9 Å². The molecule has 1 N–H and O–H groups in total. The summed E-state index contributed by atoms with van der Waals surface area (Å²) in [6.07, 6.45) is 17.6. The lowest BCUT2D eigenvalue weighted by Gasteiger charge is -2.36.